The van der Waals surface area contributed by atoms with E-state index in [1.54, 1.807) is 4.68 Å². The van der Waals surface area contributed by atoms with Crippen molar-refractivity contribution < 1.29 is 4.79 Å². The number of hydrogen-bond acceptors (Lipinski definition) is 5. The molecule has 1 aliphatic carbocycles. The molecule has 4 rings (SSSR count). The summed E-state index contributed by atoms with van der Waals surface area (Å²) in [6, 6.07) is 14.6. The Morgan fingerprint density at radius 2 is 2.11 bits per heavy atom. The number of amides is 1. The summed E-state index contributed by atoms with van der Waals surface area (Å²) in [4.78, 5) is 12.5. The van der Waals surface area contributed by atoms with Crippen molar-refractivity contribution in [3.8, 4) is 5.69 Å². The summed E-state index contributed by atoms with van der Waals surface area (Å²) < 4.78 is 1.70. The van der Waals surface area contributed by atoms with E-state index in [4.69, 9.17) is 0 Å². The van der Waals surface area contributed by atoms with Crippen LogP contribution in [0.25, 0.3) is 5.69 Å². The van der Waals surface area contributed by atoms with Gasteiger partial charge in [0.25, 0.3) is 0 Å². The van der Waals surface area contributed by atoms with E-state index in [0.717, 1.165) is 29.7 Å². The van der Waals surface area contributed by atoms with Crippen LogP contribution >= 0.6 is 11.8 Å². The molecule has 3 aromatic rings. The SMILES string of the molecule is Cc1ccc(C)c(-n2nnnc2SCC(=O)N[C@@H]2CCc3ccccc32)c1. The monoisotopic (exact) mass is 379 g/mol. The van der Waals surface area contributed by atoms with Gasteiger partial charge in [-0.2, -0.15) is 4.68 Å². The second-order valence-corrected chi connectivity index (χ2v) is 7.75. The van der Waals surface area contributed by atoms with Crippen molar-refractivity contribution in [1.82, 2.24) is 25.5 Å². The summed E-state index contributed by atoms with van der Waals surface area (Å²) >= 11 is 1.35. The molecular weight excluding hydrogens is 358 g/mol. The Labute approximate surface area is 162 Å². The molecule has 138 valence electrons. The first-order valence-corrected chi connectivity index (χ1v) is 9.96. The smallest absolute Gasteiger partial charge is 0.230 e. The van der Waals surface area contributed by atoms with E-state index in [2.05, 4.69) is 39.0 Å². The average Bonchev–Trinajstić information content (AvgIpc) is 3.29. The molecule has 2 aromatic carbocycles. The van der Waals surface area contributed by atoms with E-state index < -0.39 is 0 Å². The second kappa shape index (κ2) is 7.52. The molecule has 0 saturated carbocycles. The number of tetrazole rings is 1. The first-order chi connectivity index (χ1) is 13.1. The molecule has 0 fully saturated rings. The zero-order valence-electron chi connectivity index (χ0n) is 15.3. The summed E-state index contributed by atoms with van der Waals surface area (Å²) in [6.07, 6.45) is 1.97. The largest absolute Gasteiger partial charge is 0.349 e. The predicted octanol–water partition coefficient (Wildman–Crippen LogP) is 3.17. The summed E-state index contributed by atoms with van der Waals surface area (Å²) in [5.74, 6) is 0.279. The van der Waals surface area contributed by atoms with Crippen molar-refractivity contribution in [2.24, 2.45) is 0 Å². The first-order valence-electron chi connectivity index (χ1n) is 8.98. The highest BCUT2D eigenvalue weighted by Crippen LogP contribution is 2.31. The number of nitrogens with one attached hydrogen (secondary N) is 1. The van der Waals surface area contributed by atoms with Crippen LogP contribution in [0.15, 0.2) is 47.6 Å². The van der Waals surface area contributed by atoms with Crippen molar-refractivity contribution in [3.63, 3.8) is 0 Å². The molecule has 0 spiro atoms. The lowest BCUT2D eigenvalue weighted by Crippen LogP contribution is -2.28. The third-order valence-corrected chi connectivity index (χ3v) is 5.75. The molecule has 7 heteroatoms. The maximum atomic E-state index is 12.5. The standard InChI is InChI=1S/C20H21N5OS/c1-13-7-8-14(2)18(11-13)25-20(22-23-24-25)27-12-19(26)21-17-10-9-15-5-3-4-6-16(15)17/h3-8,11,17H,9-10,12H2,1-2H3,(H,21,26)/t17-/m1/s1. The zero-order valence-corrected chi connectivity index (χ0v) is 16.2. The van der Waals surface area contributed by atoms with Gasteiger partial charge < -0.3 is 5.32 Å². The predicted molar refractivity (Wildman–Crippen MR) is 105 cm³/mol. The Morgan fingerprint density at radius 3 is 3.00 bits per heavy atom. The van der Waals surface area contributed by atoms with Gasteiger partial charge in [0, 0.05) is 0 Å². The Kier molecular flexibility index (Phi) is 4.94. The van der Waals surface area contributed by atoms with Gasteiger partial charge in [-0.1, -0.05) is 48.2 Å². The van der Waals surface area contributed by atoms with E-state index in [9.17, 15) is 4.79 Å². The quantitative estimate of drug-likeness (QED) is 0.690. The summed E-state index contributed by atoms with van der Waals surface area (Å²) in [5, 5.41) is 15.7. The summed E-state index contributed by atoms with van der Waals surface area (Å²) in [7, 11) is 0. The van der Waals surface area contributed by atoms with Gasteiger partial charge in [0.15, 0.2) is 0 Å². The van der Waals surface area contributed by atoms with Crippen LogP contribution in [0.1, 0.15) is 34.7 Å². The van der Waals surface area contributed by atoms with Crippen LogP contribution in [-0.4, -0.2) is 31.9 Å². The highest BCUT2D eigenvalue weighted by molar-refractivity contribution is 7.99. The number of hydrogen-bond donors (Lipinski definition) is 1. The van der Waals surface area contributed by atoms with Crippen LogP contribution in [0, 0.1) is 13.8 Å². The van der Waals surface area contributed by atoms with Gasteiger partial charge in [0.05, 0.1) is 17.5 Å². The fraction of sp³-hybridized carbons (Fsp3) is 0.300. The van der Waals surface area contributed by atoms with Crippen molar-refractivity contribution in [3.05, 3.63) is 64.7 Å². The van der Waals surface area contributed by atoms with Crippen molar-refractivity contribution in [1.29, 1.82) is 0 Å². The van der Waals surface area contributed by atoms with Gasteiger partial charge >= 0.3 is 0 Å². The molecule has 0 aliphatic heterocycles. The topological polar surface area (TPSA) is 72.7 Å². The average molecular weight is 379 g/mol. The number of rotatable bonds is 5. The van der Waals surface area contributed by atoms with Crippen LogP contribution in [0.5, 0.6) is 0 Å². The van der Waals surface area contributed by atoms with Crippen molar-refractivity contribution in [2.75, 3.05) is 5.75 Å². The van der Waals surface area contributed by atoms with Crippen LogP contribution in [-0.2, 0) is 11.2 Å². The van der Waals surface area contributed by atoms with E-state index >= 15 is 0 Å². The number of thioether (sulfide) groups is 1. The Hall–Kier alpha value is -2.67. The van der Waals surface area contributed by atoms with Gasteiger partial charge in [0.1, 0.15) is 0 Å². The van der Waals surface area contributed by atoms with Gasteiger partial charge in [-0.05, 0) is 65.4 Å². The lowest BCUT2D eigenvalue weighted by molar-refractivity contribution is -0.119. The molecule has 0 unspecified atom stereocenters. The van der Waals surface area contributed by atoms with Crippen molar-refractivity contribution >= 4 is 17.7 Å². The lowest BCUT2D eigenvalue weighted by atomic mass is 10.1. The molecule has 1 aromatic heterocycles. The molecule has 6 nitrogen and oxygen atoms in total. The van der Waals surface area contributed by atoms with Crippen molar-refractivity contribution in [2.45, 2.75) is 37.9 Å². The highest BCUT2D eigenvalue weighted by Gasteiger charge is 2.23. The van der Waals surface area contributed by atoms with Crippen LogP contribution < -0.4 is 5.32 Å². The first kappa shape index (κ1) is 17.7. The number of benzene rings is 2. The maximum Gasteiger partial charge on any atom is 0.230 e. The lowest BCUT2D eigenvalue weighted by Gasteiger charge is -2.14. The molecular formula is C20H21N5OS. The Balaban J connectivity index is 1.42. The maximum absolute atomic E-state index is 12.5. The number of carbonyl (C=O) groups is 1. The summed E-state index contributed by atoms with van der Waals surface area (Å²) in [6.45, 7) is 4.06. The number of aryl methyl sites for hydroxylation is 3. The molecule has 0 saturated heterocycles. The second-order valence-electron chi connectivity index (χ2n) is 6.81. The van der Waals surface area contributed by atoms with Crippen LogP contribution in [0.2, 0.25) is 0 Å². The molecule has 1 aliphatic rings. The minimum atomic E-state index is -0.00258. The van der Waals surface area contributed by atoms with Gasteiger partial charge in [0.2, 0.25) is 11.1 Å². The summed E-state index contributed by atoms with van der Waals surface area (Å²) in [5.41, 5.74) is 5.72. The highest BCUT2D eigenvalue weighted by atomic mass is 32.2. The number of fused-ring (bicyclic) bond motifs is 1. The third-order valence-electron chi connectivity index (χ3n) is 4.83. The molecule has 1 amide bonds. The number of nitrogens with zero attached hydrogens (tertiary/aromatic N) is 4. The fourth-order valence-corrected chi connectivity index (χ4v) is 4.14. The van der Waals surface area contributed by atoms with Crippen LogP contribution in [0.3, 0.4) is 0 Å². The van der Waals surface area contributed by atoms with E-state index in [1.807, 2.05) is 38.1 Å². The molecule has 27 heavy (non-hydrogen) atoms. The van der Waals surface area contributed by atoms with E-state index in [-0.39, 0.29) is 17.7 Å². The Bertz CT molecular complexity index is 984. The van der Waals surface area contributed by atoms with Crippen LogP contribution in [0.4, 0.5) is 0 Å². The molecule has 1 heterocycles. The number of carbonyl (C=O) groups excluding carboxylic acids is 1. The fourth-order valence-electron chi connectivity index (χ4n) is 3.44. The normalized spacial score (nSPS) is 15.6. The minimum Gasteiger partial charge on any atom is -0.349 e. The van der Waals surface area contributed by atoms with E-state index in [0.29, 0.717) is 5.16 Å². The molecule has 0 radical (unpaired) electrons. The van der Waals surface area contributed by atoms with Gasteiger partial charge in [-0.15, -0.1) is 5.10 Å². The zero-order chi connectivity index (χ0) is 18.8. The van der Waals surface area contributed by atoms with E-state index in [1.165, 1.54) is 22.9 Å². The third kappa shape index (κ3) is 3.73. The molecule has 1 atom stereocenters. The van der Waals surface area contributed by atoms with Gasteiger partial charge in [-0.3, -0.25) is 4.79 Å². The van der Waals surface area contributed by atoms with Gasteiger partial charge in [-0.25, -0.2) is 0 Å². The molecule has 1 N–H and O–H groups in total. The number of aromatic nitrogens is 4. The minimum absolute atomic E-state index is 0.00258. The molecule has 0 bridgehead atoms. The Morgan fingerprint density at radius 1 is 1.26 bits per heavy atom.